The van der Waals surface area contributed by atoms with Crippen LogP contribution in [0.3, 0.4) is 0 Å². The van der Waals surface area contributed by atoms with Crippen LogP contribution in [0.25, 0.3) is 21.8 Å². The number of hydrogen-bond acceptors (Lipinski definition) is 3. The molecule has 0 bridgehead atoms. The average Bonchev–Trinajstić information content (AvgIpc) is 3.37. The van der Waals surface area contributed by atoms with Crippen molar-refractivity contribution in [1.82, 2.24) is 9.13 Å². The topological polar surface area (TPSA) is 66.7 Å². The Morgan fingerprint density at radius 1 is 0.794 bits per heavy atom. The third-order valence-electron chi connectivity index (χ3n) is 6.67. The molecule has 0 aliphatic heterocycles. The van der Waals surface area contributed by atoms with E-state index in [-0.39, 0.29) is 5.92 Å². The third kappa shape index (κ3) is 3.58. The summed E-state index contributed by atoms with van der Waals surface area (Å²) >= 11 is 0. The molecule has 5 rings (SSSR count). The van der Waals surface area contributed by atoms with Crippen molar-refractivity contribution in [3.05, 3.63) is 101 Å². The van der Waals surface area contributed by atoms with Gasteiger partial charge in [-0.2, -0.15) is 10.5 Å². The van der Waals surface area contributed by atoms with Crippen LogP contribution in [0.2, 0.25) is 0 Å². The van der Waals surface area contributed by atoms with Crippen LogP contribution in [0.5, 0.6) is 5.75 Å². The Bertz CT molecular complexity index is 1610. The summed E-state index contributed by atoms with van der Waals surface area (Å²) in [5, 5.41) is 21.1. The Balaban J connectivity index is 1.71. The molecule has 0 aliphatic rings. The lowest BCUT2D eigenvalue weighted by Crippen LogP contribution is -2.05. The van der Waals surface area contributed by atoms with Crippen LogP contribution in [0.1, 0.15) is 33.7 Å². The van der Waals surface area contributed by atoms with E-state index >= 15 is 0 Å². The normalized spacial score (nSPS) is 11.9. The maximum absolute atomic E-state index is 9.51. The molecule has 34 heavy (non-hydrogen) atoms. The van der Waals surface area contributed by atoms with Gasteiger partial charge in [0.25, 0.3) is 0 Å². The number of rotatable bonds is 5. The van der Waals surface area contributed by atoms with Crippen molar-refractivity contribution < 1.29 is 4.74 Å². The first-order chi connectivity index (χ1) is 16.5. The molecule has 0 spiro atoms. The number of nitrogens with zero attached hydrogens (tertiary/aromatic N) is 4. The zero-order chi connectivity index (χ0) is 23.8. The van der Waals surface area contributed by atoms with Gasteiger partial charge >= 0.3 is 0 Å². The van der Waals surface area contributed by atoms with Crippen LogP contribution in [-0.2, 0) is 20.5 Å². The van der Waals surface area contributed by atoms with Crippen molar-refractivity contribution in [2.24, 2.45) is 14.1 Å². The van der Waals surface area contributed by atoms with Crippen molar-refractivity contribution >= 4 is 21.8 Å². The molecular weight excluding hydrogens is 420 g/mol. The summed E-state index contributed by atoms with van der Waals surface area (Å²) in [5.74, 6) is 0.871. The van der Waals surface area contributed by atoms with Crippen LogP contribution < -0.4 is 4.74 Å². The molecule has 5 aromatic rings. The maximum Gasteiger partial charge on any atom is 0.118 e. The molecule has 2 heterocycles. The van der Waals surface area contributed by atoms with Crippen LogP contribution in [0.4, 0.5) is 0 Å². The van der Waals surface area contributed by atoms with E-state index in [1.54, 1.807) is 7.11 Å². The predicted molar refractivity (Wildman–Crippen MR) is 134 cm³/mol. The standard InChI is InChI=1S/C29H24N4O/c1-32-17-22(25-12-19(15-30)4-10-28(25)32)14-24(21-6-8-23(34-3)9-7-21)27-18-33(2)29-11-5-20(16-31)13-26(27)29/h4-13,17-18,24H,14H2,1-3H3. The molecule has 166 valence electrons. The van der Waals surface area contributed by atoms with Gasteiger partial charge in [-0.25, -0.2) is 0 Å². The van der Waals surface area contributed by atoms with Crippen LogP contribution >= 0.6 is 0 Å². The van der Waals surface area contributed by atoms with E-state index in [9.17, 15) is 10.5 Å². The van der Waals surface area contributed by atoms with Gasteiger partial charge in [0.2, 0.25) is 0 Å². The second kappa shape index (κ2) is 8.46. The van der Waals surface area contributed by atoms with E-state index in [1.165, 1.54) is 16.7 Å². The van der Waals surface area contributed by atoms with Gasteiger partial charge in [0, 0.05) is 54.2 Å². The molecule has 0 saturated heterocycles. The van der Waals surface area contributed by atoms with Crippen LogP contribution in [-0.4, -0.2) is 16.2 Å². The number of aromatic nitrogens is 2. The molecule has 2 aromatic heterocycles. The van der Waals surface area contributed by atoms with E-state index < -0.39 is 0 Å². The molecule has 1 atom stereocenters. The number of aryl methyl sites for hydroxylation is 2. The van der Waals surface area contributed by atoms with Crippen LogP contribution in [0.15, 0.2) is 73.1 Å². The quantitative estimate of drug-likeness (QED) is 0.344. The second-order valence-electron chi connectivity index (χ2n) is 8.68. The highest BCUT2D eigenvalue weighted by molar-refractivity contribution is 5.88. The molecule has 5 nitrogen and oxygen atoms in total. The Kier molecular flexibility index (Phi) is 5.32. The van der Waals surface area contributed by atoms with Crippen molar-refractivity contribution in [2.45, 2.75) is 12.3 Å². The summed E-state index contributed by atoms with van der Waals surface area (Å²) in [6.45, 7) is 0. The summed E-state index contributed by atoms with van der Waals surface area (Å²) in [6, 6.07) is 24.5. The fraction of sp³-hybridized carbons (Fsp3) is 0.172. The lowest BCUT2D eigenvalue weighted by molar-refractivity contribution is 0.414. The third-order valence-corrected chi connectivity index (χ3v) is 6.67. The lowest BCUT2D eigenvalue weighted by atomic mass is 9.85. The molecule has 5 heteroatoms. The first-order valence-electron chi connectivity index (χ1n) is 11.1. The van der Waals surface area contributed by atoms with E-state index in [0.29, 0.717) is 11.1 Å². The summed E-state index contributed by atoms with van der Waals surface area (Å²) in [5.41, 5.74) is 7.03. The number of nitriles is 2. The van der Waals surface area contributed by atoms with Gasteiger partial charge < -0.3 is 13.9 Å². The van der Waals surface area contributed by atoms with E-state index in [0.717, 1.165) is 34.0 Å². The Labute approximate surface area is 198 Å². The van der Waals surface area contributed by atoms with Crippen molar-refractivity contribution in [2.75, 3.05) is 7.11 Å². The predicted octanol–water partition coefficient (Wildman–Crippen LogP) is 5.80. The second-order valence-corrected chi connectivity index (χ2v) is 8.68. The number of fused-ring (bicyclic) bond motifs is 2. The van der Waals surface area contributed by atoms with E-state index in [4.69, 9.17) is 4.74 Å². The SMILES string of the molecule is COc1ccc(C(Cc2cn(C)c3ccc(C#N)cc23)c2cn(C)c3ccc(C#N)cc23)cc1. The van der Waals surface area contributed by atoms with E-state index in [1.807, 2.05) is 62.6 Å². The van der Waals surface area contributed by atoms with Gasteiger partial charge in [-0.1, -0.05) is 12.1 Å². The first-order valence-corrected chi connectivity index (χ1v) is 11.1. The van der Waals surface area contributed by atoms with Gasteiger partial charge in [-0.05, 0) is 71.6 Å². The highest BCUT2D eigenvalue weighted by Gasteiger charge is 2.22. The van der Waals surface area contributed by atoms with E-state index in [2.05, 4.69) is 45.8 Å². The molecule has 0 saturated carbocycles. The van der Waals surface area contributed by atoms with Gasteiger partial charge in [0.15, 0.2) is 0 Å². The number of benzene rings is 3. The highest BCUT2D eigenvalue weighted by atomic mass is 16.5. The summed E-state index contributed by atoms with van der Waals surface area (Å²) < 4.78 is 9.63. The Morgan fingerprint density at radius 3 is 2.00 bits per heavy atom. The minimum absolute atomic E-state index is 0.0555. The van der Waals surface area contributed by atoms with Crippen molar-refractivity contribution in [1.29, 1.82) is 10.5 Å². The average molecular weight is 445 g/mol. The van der Waals surface area contributed by atoms with Gasteiger partial charge in [-0.15, -0.1) is 0 Å². The summed E-state index contributed by atoms with van der Waals surface area (Å²) in [6.07, 6.45) is 5.09. The van der Waals surface area contributed by atoms with Gasteiger partial charge in [0.05, 0.1) is 30.4 Å². The largest absolute Gasteiger partial charge is 0.497 e. The van der Waals surface area contributed by atoms with Crippen LogP contribution in [0, 0.1) is 22.7 Å². The number of methoxy groups -OCH3 is 1. The van der Waals surface area contributed by atoms with Crippen molar-refractivity contribution in [3.8, 4) is 17.9 Å². The molecule has 0 fully saturated rings. The number of ether oxygens (including phenoxy) is 1. The van der Waals surface area contributed by atoms with Gasteiger partial charge in [0.1, 0.15) is 5.75 Å². The molecule has 0 amide bonds. The maximum atomic E-state index is 9.51. The highest BCUT2D eigenvalue weighted by Crippen LogP contribution is 2.37. The minimum Gasteiger partial charge on any atom is -0.497 e. The Hall–Kier alpha value is -4.48. The lowest BCUT2D eigenvalue weighted by Gasteiger charge is -2.18. The Morgan fingerprint density at radius 2 is 1.38 bits per heavy atom. The molecule has 0 aliphatic carbocycles. The number of hydrogen-bond donors (Lipinski definition) is 0. The monoisotopic (exact) mass is 444 g/mol. The zero-order valence-corrected chi connectivity index (χ0v) is 19.4. The zero-order valence-electron chi connectivity index (χ0n) is 19.4. The summed E-state index contributed by atoms with van der Waals surface area (Å²) in [7, 11) is 5.75. The summed E-state index contributed by atoms with van der Waals surface area (Å²) in [4.78, 5) is 0. The fourth-order valence-electron chi connectivity index (χ4n) is 4.94. The van der Waals surface area contributed by atoms with Crippen molar-refractivity contribution in [3.63, 3.8) is 0 Å². The molecule has 3 aromatic carbocycles. The minimum atomic E-state index is 0.0555. The fourth-order valence-corrected chi connectivity index (χ4v) is 4.94. The van der Waals surface area contributed by atoms with Gasteiger partial charge in [-0.3, -0.25) is 0 Å². The smallest absolute Gasteiger partial charge is 0.118 e. The first kappa shape index (κ1) is 21.4. The molecular formula is C29H24N4O. The molecule has 1 unspecified atom stereocenters. The molecule has 0 radical (unpaired) electrons. The molecule has 0 N–H and O–H groups in total.